The van der Waals surface area contributed by atoms with Crippen LogP contribution < -0.4 is 0 Å². The van der Waals surface area contributed by atoms with E-state index in [2.05, 4.69) is 21.0 Å². The predicted octanol–water partition coefficient (Wildman–Crippen LogP) is 3.48. The number of thiophene rings is 1. The fourth-order valence-corrected chi connectivity index (χ4v) is 3.39. The van der Waals surface area contributed by atoms with Gasteiger partial charge in [-0.3, -0.25) is 4.68 Å². The Balaban J connectivity index is 2.24. The Morgan fingerprint density at radius 1 is 1.65 bits per heavy atom. The summed E-state index contributed by atoms with van der Waals surface area (Å²) in [6.07, 6.45) is -0.0911. The summed E-state index contributed by atoms with van der Waals surface area (Å²) in [5.74, 6) is 0. The van der Waals surface area contributed by atoms with Crippen molar-refractivity contribution in [1.82, 2.24) is 9.78 Å². The first-order valence-electron chi connectivity index (χ1n) is 5.09. The smallest absolute Gasteiger partial charge is 0.0952 e. The molecule has 6 heteroatoms. The molecule has 0 saturated carbocycles. The van der Waals surface area contributed by atoms with Crippen LogP contribution in [0.1, 0.15) is 22.4 Å². The van der Waals surface area contributed by atoms with Crippen molar-refractivity contribution in [2.24, 2.45) is 7.05 Å². The molecule has 0 aliphatic heterocycles. The first kappa shape index (κ1) is 13.1. The first-order valence-corrected chi connectivity index (χ1v) is 7.14. The molecule has 0 radical (unpaired) electrons. The number of hydrogen-bond acceptors (Lipinski definition) is 3. The average molecular weight is 336 g/mol. The quantitative estimate of drug-likeness (QED) is 0.932. The van der Waals surface area contributed by atoms with E-state index in [1.807, 2.05) is 19.4 Å². The largest absolute Gasteiger partial charge is 0.387 e. The van der Waals surface area contributed by atoms with Crippen molar-refractivity contribution in [2.45, 2.75) is 19.4 Å². The lowest BCUT2D eigenvalue weighted by Gasteiger charge is -2.10. The molecule has 2 rings (SSSR count). The third-order valence-corrected chi connectivity index (χ3v) is 5.09. The van der Waals surface area contributed by atoms with Gasteiger partial charge in [0.05, 0.1) is 31.9 Å². The Kier molecular flexibility index (Phi) is 3.92. The van der Waals surface area contributed by atoms with Crippen LogP contribution in [0.3, 0.4) is 0 Å². The fourth-order valence-electron chi connectivity index (χ4n) is 1.72. The van der Waals surface area contributed by atoms with Crippen molar-refractivity contribution in [3.05, 3.63) is 37.2 Å². The Bertz CT molecular complexity index is 538. The van der Waals surface area contributed by atoms with Crippen LogP contribution in [0.15, 0.2) is 15.9 Å². The molecule has 2 heterocycles. The minimum Gasteiger partial charge on any atom is -0.387 e. The molecule has 0 fully saturated rings. The molecule has 2 aromatic rings. The van der Waals surface area contributed by atoms with E-state index in [0.29, 0.717) is 11.4 Å². The third kappa shape index (κ3) is 2.57. The van der Waals surface area contributed by atoms with Gasteiger partial charge in [0.15, 0.2) is 0 Å². The molecular weight excluding hydrogens is 324 g/mol. The molecule has 0 bridgehead atoms. The zero-order chi connectivity index (χ0) is 12.6. The van der Waals surface area contributed by atoms with E-state index in [0.717, 1.165) is 20.7 Å². The molecular formula is C11H12BrClN2OS. The van der Waals surface area contributed by atoms with Crippen molar-refractivity contribution in [2.75, 3.05) is 0 Å². The second-order valence-electron chi connectivity index (χ2n) is 3.82. The number of halogens is 2. The molecule has 17 heavy (non-hydrogen) atoms. The van der Waals surface area contributed by atoms with Gasteiger partial charge >= 0.3 is 0 Å². The van der Waals surface area contributed by atoms with E-state index in [4.69, 9.17) is 11.6 Å². The highest BCUT2D eigenvalue weighted by Crippen LogP contribution is 2.32. The van der Waals surface area contributed by atoms with E-state index in [1.165, 1.54) is 11.3 Å². The molecule has 0 aliphatic rings. The van der Waals surface area contributed by atoms with Gasteiger partial charge in [-0.25, -0.2) is 0 Å². The zero-order valence-corrected chi connectivity index (χ0v) is 12.6. The number of nitrogens with zero attached hydrogens (tertiary/aromatic N) is 2. The van der Waals surface area contributed by atoms with Gasteiger partial charge in [-0.05, 0) is 34.3 Å². The summed E-state index contributed by atoms with van der Waals surface area (Å²) in [7, 11) is 1.87. The van der Waals surface area contributed by atoms with Gasteiger partial charge in [-0.2, -0.15) is 5.10 Å². The maximum atomic E-state index is 10.2. The minimum absolute atomic E-state index is 0.498. The van der Waals surface area contributed by atoms with Gasteiger partial charge in [-0.15, -0.1) is 11.3 Å². The normalized spacial score (nSPS) is 13.0. The first-order chi connectivity index (χ1) is 8.00. The summed E-state index contributed by atoms with van der Waals surface area (Å²) in [6.45, 7) is 1.93. The van der Waals surface area contributed by atoms with Crippen molar-refractivity contribution in [3.63, 3.8) is 0 Å². The lowest BCUT2D eigenvalue weighted by molar-refractivity contribution is 0.179. The standard InChI is InChI=1S/C11H12BrClN2OS/c1-6-10(12)8(15(2)14-6)5-9(16)11-7(13)3-4-17-11/h3-4,9,16H,5H2,1-2H3. The summed E-state index contributed by atoms with van der Waals surface area (Å²) in [6, 6.07) is 1.80. The number of aliphatic hydroxyl groups is 1. The molecule has 0 aromatic carbocycles. The fraction of sp³-hybridized carbons (Fsp3) is 0.364. The summed E-state index contributed by atoms with van der Waals surface area (Å²) in [5, 5.41) is 17.0. The molecule has 1 atom stereocenters. The van der Waals surface area contributed by atoms with E-state index < -0.39 is 6.10 Å². The second kappa shape index (κ2) is 5.10. The summed E-state index contributed by atoms with van der Waals surface area (Å²) < 4.78 is 2.73. The van der Waals surface area contributed by atoms with Gasteiger partial charge in [0.25, 0.3) is 0 Å². The van der Waals surface area contributed by atoms with Crippen molar-refractivity contribution < 1.29 is 5.11 Å². The topological polar surface area (TPSA) is 38.0 Å². The zero-order valence-electron chi connectivity index (χ0n) is 9.44. The van der Waals surface area contributed by atoms with Crippen LogP contribution in [0, 0.1) is 6.92 Å². The second-order valence-corrected chi connectivity index (χ2v) is 5.97. The highest BCUT2D eigenvalue weighted by atomic mass is 79.9. The number of rotatable bonds is 3. The maximum Gasteiger partial charge on any atom is 0.0952 e. The van der Waals surface area contributed by atoms with Crippen molar-refractivity contribution >= 4 is 38.9 Å². The van der Waals surface area contributed by atoms with Gasteiger partial charge in [0, 0.05) is 13.5 Å². The average Bonchev–Trinajstić information content (AvgIpc) is 2.78. The molecule has 92 valence electrons. The summed E-state index contributed by atoms with van der Waals surface area (Å²) in [5.41, 5.74) is 1.89. The molecule has 0 aliphatic carbocycles. The summed E-state index contributed by atoms with van der Waals surface area (Å²) >= 11 is 11.0. The number of aryl methyl sites for hydroxylation is 2. The number of aromatic nitrogens is 2. The highest BCUT2D eigenvalue weighted by Gasteiger charge is 2.19. The highest BCUT2D eigenvalue weighted by molar-refractivity contribution is 9.10. The van der Waals surface area contributed by atoms with Crippen LogP contribution >= 0.6 is 38.9 Å². The molecule has 1 unspecified atom stereocenters. The Hall–Kier alpha value is -0.360. The summed E-state index contributed by atoms with van der Waals surface area (Å²) in [4.78, 5) is 0.803. The van der Waals surface area contributed by atoms with Gasteiger partial charge in [0.2, 0.25) is 0 Å². The van der Waals surface area contributed by atoms with Crippen LogP contribution in [0.25, 0.3) is 0 Å². The number of hydrogen-bond donors (Lipinski definition) is 1. The third-order valence-electron chi connectivity index (χ3n) is 2.60. The molecule has 0 amide bonds. The van der Waals surface area contributed by atoms with E-state index in [9.17, 15) is 5.11 Å². The molecule has 0 spiro atoms. The lowest BCUT2D eigenvalue weighted by Crippen LogP contribution is -2.06. The van der Waals surface area contributed by atoms with Crippen LogP contribution in [-0.4, -0.2) is 14.9 Å². The Labute approximate surface area is 117 Å². The van der Waals surface area contributed by atoms with Crippen LogP contribution in [-0.2, 0) is 13.5 Å². The van der Waals surface area contributed by atoms with Crippen LogP contribution in [0.2, 0.25) is 5.02 Å². The van der Waals surface area contributed by atoms with Gasteiger partial charge < -0.3 is 5.11 Å². The Morgan fingerprint density at radius 2 is 2.35 bits per heavy atom. The van der Waals surface area contributed by atoms with E-state index >= 15 is 0 Å². The minimum atomic E-state index is -0.589. The molecule has 0 saturated heterocycles. The van der Waals surface area contributed by atoms with E-state index in [1.54, 1.807) is 10.7 Å². The van der Waals surface area contributed by atoms with Crippen LogP contribution in [0.5, 0.6) is 0 Å². The monoisotopic (exact) mass is 334 g/mol. The maximum absolute atomic E-state index is 10.2. The Morgan fingerprint density at radius 3 is 2.82 bits per heavy atom. The molecule has 2 aromatic heterocycles. The number of aliphatic hydroxyl groups excluding tert-OH is 1. The molecule has 3 nitrogen and oxygen atoms in total. The van der Waals surface area contributed by atoms with E-state index in [-0.39, 0.29) is 0 Å². The SMILES string of the molecule is Cc1nn(C)c(CC(O)c2sccc2Cl)c1Br. The van der Waals surface area contributed by atoms with Crippen LogP contribution in [0.4, 0.5) is 0 Å². The molecule has 1 N–H and O–H groups in total. The van der Waals surface area contributed by atoms with Gasteiger partial charge in [-0.1, -0.05) is 11.6 Å². The predicted molar refractivity (Wildman–Crippen MR) is 73.6 cm³/mol. The lowest BCUT2D eigenvalue weighted by atomic mass is 10.1. The van der Waals surface area contributed by atoms with Crippen molar-refractivity contribution in [1.29, 1.82) is 0 Å². The van der Waals surface area contributed by atoms with Gasteiger partial charge in [0.1, 0.15) is 0 Å². The van der Waals surface area contributed by atoms with Crippen molar-refractivity contribution in [3.8, 4) is 0 Å².